The highest BCUT2D eigenvalue weighted by atomic mass is 14.9. The molecule has 0 N–H and O–H groups in total. The molecule has 8 aromatic carbocycles. The quantitative estimate of drug-likeness (QED) is 0.161. The summed E-state index contributed by atoms with van der Waals surface area (Å²) in [4.78, 5) is 19.5. The van der Waals surface area contributed by atoms with Crippen LogP contribution in [0.1, 0.15) is 0 Å². The molecule has 0 atom stereocenters. The zero-order valence-corrected chi connectivity index (χ0v) is 30.3. The molecular weight excluding hydrogens is 681 g/mol. The van der Waals surface area contributed by atoms with Gasteiger partial charge in [-0.15, -0.1) is 0 Å². The molecule has 0 radical (unpaired) electrons. The molecule has 11 rings (SSSR count). The normalized spacial score (nSPS) is 11.6. The number of hydrogen-bond acceptors (Lipinski definition) is 4. The second kappa shape index (κ2) is 13.1. The molecule has 0 bridgehead atoms. The van der Waals surface area contributed by atoms with E-state index in [1.54, 1.807) is 0 Å². The van der Waals surface area contributed by atoms with Gasteiger partial charge in [0.05, 0.1) is 11.4 Å². The van der Waals surface area contributed by atoms with Crippen LogP contribution in [0.4, 0.5) is 0 Å². The van der Waals surface area contributed by atoms with Crippen molar-refractivity contribution < 1.29 is 0 Å². The number of nitrogens with zero attached hydrogens (tertiary/aromatic N) is 4. The monoisotopic (exact) mass is 712 g/mol. The van der Waals surface area contributed by atoms with Gasteiger partial charge in [-0.1, -0.05) is 146 Å². The molecule has 0 aliphatic heterocycles. The fourth-order valence-corrected chi connectivity index (χ4v) is 8.41. The summed E-state index contributed by atoms with van der Waals surface area (Å²) in [6.07, 6.45) is 7.48. The van der Waals surface area contributed by atoms with Gasteiger partial charge in [-0.05, 0) is 95.3 Å². The van der Waals surface area contributed by atoms with Crippen molar-refractivity contribution in [1.82, 2.24) is 19.9 Å². The summed E-state index contributed by atoms with van der Waals surface area (Å²) in [5, 5.41) is 9.73. The molecule has 0 aliphatic rings. The lowest BCUT2D eigenvalue weighted by Crippen LogP contribution is -1.98. The van der Waals surface area contributed by atoms with Crippen LogP contribution >= 0.6 is 0 Å². The van der Waals surface area contributed by atoms with Gasteiger partial charge in [0.2, 0.25) is 0 Å². The van der Waals surface area contributed by atoms with Crippen molar-refractivity contribution >= 4 is 43.1 Å². The third-order valence-electron chi connectivity index (χ3n) is 11.0. The standard InChI is InChI=1S/C52H32N4/c1-2-9-33(10-3-1)42-21-17-35-20-24-46-43(22-18-36-19-23-45(42)50(35)51(36)46)37-12-8-13-38(29-37)52-55-48(44-16-7-6-14-40(44)34-25-27-53-28-26-34)30-49(56-52)47-32-54-31-39-11-4-5-15-41(39)47/h1-32H. The predicted octanol–water partition coefficient (Wildman–Crippen LogP) is 13.3. The van der Waals surface area contributed by atoms with E-state index >= 15 is 0 Å². The number of benzene rings is 8. The zero-order valence-electron chi connectivity index (χ0n) is 30.3. The Balaban J connectivity index is 1.11. The molecule has 0 amide bonds. The van der Waals surface area contributed by atoms with Crippen LogP contribution in [0.25, 0.3) is 110 Å². The highest BCUT2D eigenvalue weighted by Crippen LogP contribution is 2.43. The summed E-state index contributed by atoms with van der Waals surface area (Å²) >= 11 is 0. The lowest BCUT2D eigenvalue weighted by atomic mass is 9.87. The van der Waals surface area contributed by atoms with Crippen LogP contribution in [0, 0.1) is 0 Å². The van der Waals surface area contributed by atoms with Gasteiger partial charge in [-0.25, -0.2) is 9.97 Å². The van der Waals surface area contributed by atoms with E-state index in [0.29, 0.717) is 5.82 Å². The first-order valence-corrected chi connectivity index (χ1v) is 18.9. The summed E-state index contributed by atoms with van der Waals surface area (Å²) in [6, 6.07) is 60.4. The molecule has 0 aliphatic carbocycles. The molecule has 56 heavy (non-hydrogen) atoms. The van der Waals surface area contributed by atoms with E-state index in [2.05, 4.69) is 162 Å². The van der Waals surface area contributed by atoms with E-state index in [1.807, 2.05) is 43.0 Å². The van der Waals surface area contributed by atoms with Crippen LogP contribution in [0.5, 0.6) is 0 Å². The summed E-state index contributed by atoms with van der Waals surface area (Å²) in [6.45, 7) is 0. The van der Waals surface area contributed by atoms with Crippen LogP contribution in [-0.4, -0.2) is 19.9 Å². The lowest BCUT2D eigenvalue weighted by molar-refractivity contribution is 1.18. The van der Waals surface area contributed by atoms with E-state index in [1.165, 1.54) is 49.0 Å². The molecule has 4 heteroatoms. The molecule has 0 fully saturated rings. The van der Waals surface area contributed by atoms with Gasteiger partial charge in [0, 0.05) is 46.9 Å². The largest absolute Gasteiger partial charge is 0.265 e. The maximum Gasteiger partial charge on any atom is 0.160 e. The molecule has 3 heterocycles. The van der Waals surface area contributed by atoms with Crippen molar-refractivity contribution in [2.24, 2.45) is 0 Å². The number of pyridine rings is 2. The van der Waals surface area contributed by atoms with Crippen LogP contribution in [0.2, 0.25) is 0 Å². The average Bonchev–Trinajstić information content (AvgIpc) is 3.28. The smallest absolute Gasteiger partial charge is 0.160 e. The van der Waals surface area contributed by atoms with Gasteiger partial charge in [0.25, 0.3) is 0 Å². The summed E-state index contributed by atoms with van der Waals surface area (Å²) in [5.41, 5.74) is 11.5. The van der Waals surface area contributed by atoms with Crippen LogP contribution in [0.15, 0.2) is 195 Å². The summed E-state index contributed by atoms with van der Waals surface area (Å²) in [7, 11) is 0. The lowest BCUT2D eigenvalue weighted by Gasteiger charge is -2.17. The molecule has 0 saturated heterocycles. The van der Waals surface area contributed by atoms with Gasteiger partial charge >= 0.3 is 0 Å². The first-order chi connectivity index (χ1) is 27.8. The van der Waals surface area contributed by atoms with Gasteiger partial charge in [-0.2, -0.15) is 0 Å². The Hall–Kier alpha value is -7.56. The first-order valence-electron chi connectivity index (χ1n) is 18.9. The molecular formula is C52H32N4. The zero-order chi connectivity index (χ0) is 37.0. The average molecular weight is 713 g/mol. The van der Waals surface area contributed by atoms with Crippen LogP contribution in [-0.2, 0) is 0 Å². The molecule has 4 nitrogen and oxygen atoms in total. The number of aromatic nitrogens is 4. The second-order valence-electron chi connectivity index (χ2n) is 14.2. The van der Waals surface area contributed by atoms with Crippen molar-refractivity contribution in [3.05, 3.63) is 195 Å². The van der Waals surface area contributed by atoms with E-state index < -0.39 is 0 Å². The Labute approximate surface area is 323 Å². The summed E-state index contributed by atoms with van der Waals surface area (Å²) < 4.78 is 0. The van der Waals surface area contributed by atoms with Crippen LogP contribution in [0.3, 0.4) is 0 Å². The van der Waals surface area contributed by atoms with E-state index in [0.717, 1.165) is 55.5 Å². The Bertz CT molecular complexity index is 3240. The predicted molar refractivity (Wildman–Crippen MR) is 231 cm³/mol. The summed E-state index contributed by atoms with van der Waals surface area (Å²) in [5.74, 6) is 0.655. The van der Waals surface area contributed by atoms with Gasteiger partial charge in [0.15, 0.2) is 5.82 Å². The highest BCUT2D eigenvalue weighted by Gasteiger charge is 2.18. The minimum atomic E-state index is 0.655. The van der Waals surface area contributed by atoms with Gasteiger partial charge in [0.1, 0.15) is 0 Å². The minimum absolute atomic E-state index is 0.655. The van der Waals surface area contributed by atoms with Crippen molar-refractivity contribution in [3.8, 4) is 67.3 Å². The fourth-order valence-electron chi connectivity index (χ4n) is 8.41. The Morgan fingerprint density at radius 1 is 0.304 bits per heavy atom. The fraction of sp³-hybridized carbons (Fsp3) is 0. The molecule has 0 unspecified atom stereocenters. The van der Waals surface area contributed by atoms with Crippen molar-refractivity contribution in [2.45, 2.75) is 0 Å². The first kappa shape index (κ1) is 31.9. The molecule has 3 aromatic heterocycles. The molecule has 0 saturated carbocycles. The Kier molecular flexibility index (Phi) is 7.46. The molecule has 260 valence electrons. The molecule has 0 spiro atoms. The van der Waals surface area contributed by atoms with Gasteiger partial charge in [-0.3, -0.25) is 9.97 Å². The minimum Gasteiger partial charge on any atom is -0.265 e. The topological polar surface area (TPSA) is 51.6 Å². The number of rotatable bonds is 6. The highest BCUT2D eigenvalue weighted by molar-refractivity contribution is 6.27. The van der Waals surface area contributed by atoms with Crippen molar-refractivity contribution in [3.63, 3.8) is 0 Å². The second-order valence-corrected chi connectivity index (χ2v) is 14.2. The van der Waals surface area contributed by atoms with Crippen molar-refractivity contribution in [1.29, 1.82) is 0 Å². The Morgan fingerprint density at radius 2 is 0.893 bits per heavy atom. The Morgan fingerprint density at radius 3 is 1.66 bits per heavy atom. The molecule has 11 aromatic rings. The third kappa shape index (κ3) is 5.31. The van der Waals surface area contributed by atoms with Gasteiger partial charge < -0.3 is 0 Å². The third-order valence-corrected chi connectivity index (χ3v) is 11.0. The van der Waals surface area contributed by atoms with Crippen LogP contribution < -0.4 is 0 Å². The number of fused-ring (bicyclic) bond motifs is 1. The van der Waals surface area contributed by atoms with E-state index in [9.17, 15) is 0 Å². The van der Waals surface area contributed by atoms with E-state index in [-0.39, 0.29) is 0 Å². The maximum absolute atomic E-state index is 5.32. The number of hydrogen-bond donors (Lipinski definition) is 0. The SMILES string of the molecule is c1ccc(-c2ccc3ccc4c(-c5cccc(-c6nc(-c7ccccc7-c7ccncc7)cc(-c7cncc8ccccc78)n6)c5)ccc5ccc2c3c54)cc1. The van der Waals surface area contributed by atoms with Crippen molar-refractivity contribution in [2.75, 3.05) is 0 Å². The maximum atomic E-state index is 5.32. The van der Waals surface area contributed by atoms with E-state index in [4.69, 9.17) is 9.97 Å².